The number of hydrogen-bond donors (Lipinski definition) is 3. The highest BCUT2D eigenvalue weighted by atomic mass is 19.1. The molecule has 1 atom stereocenters. The molecule has 0 spiro atoms. The third kappa shape index (κ3) is 4.48. The average molecular weight is 467 g/mol. The molecule has 0 saturated heterocycles. The number of aliphatic hydroxyl groups is 1. The molecule has 1 aromatic heterocycles. The Morgan fingerprint density at radius 2 is 1.91 bits per heavy atom. The lowest BCUT2D eigenvalue weighted by atomic mass is 10.1. The zero-order chi connectivity index (χ0) is 24.4. The van der Waals surface area contributed by atoms with Gasteiger partial charge in [0.15, 0.2) is 11.4 Å². The number of pyridine rings is 1. The van der Waals surface area contributed by atoms with Gasteiger partial charge in [-0.2, -0.15) is 0 Å². The monoisotopic (exact) mass is 467 g/mol. The summed E-state index contributed by atoms with van der Waals surface area (Å²) in [6, 6.07) is 12.4. The Morgan fingerprint density at radius 3 is 2.62 bits per heavy atom. The summed E-state index contributed by atoms with van der Waals surface area (Å²) >= 11 is 0. The lowest BCUT2D eigenvalue weighted by molar-refractivity contribution is -0.0163. The fourth-order valence-corrected chi connectivity index (χ4v) is 3.75. The molecular formula is C24H22FN3O6. The third-order valence-electron chi connectivity index (χ3n) is 5.54. The predicted octanol–water partition coefficient (Wildman–Crippen LogP) is 1.61. The van der Waals surface area contributed by atoms with E-state index in [1.54, 1.807) is 24.3 Å². The molecule has 0 aliphatic carbocycles. The number of nitrogens with zero attached hydrogens (tertiary/aromatic N) is 2. The standard InChI is InChI=1S/C24H22FN3O6/c1-34-17-4-2-3-15(9-17)11-28-19(29)13-27-12-18(21(30)22(31)20(27)24(28)33)23(32)26-10-14-5-7-16(25)8-6-14/h2-9,12,19,29,31H,10-11,13H2,1H3,(H,26,32). The van der Waals surface area contributed by atoms with Crippen molar-refractivity contribution in [1.82, 2.24) is 14.8 Å². The average Bonchev–Trinajstić information content (AvgIpc) is 2.83. The molecule has 2 heterocycles. The van der Waals surface area contributed by atoms with Crippen LogP contribution in [0.1, 0.15) is 32.0 Å². The molecule has 0 saturated carbocycles. The van der Waals surface area contributed by atoms with Gasteiger partial charge in [-0.25, -0.2) is 4.39 Å². The number of fused-ring (bicyclic) bond motifs is 1. The van der Waals surface area contributed by atoms with Crippen molar-refractivity contribution in [2.75, 3.05) is 7.11 Å². The Balaban J connectivity index is 1.58. The minimum atomic E-state index is -1.26. The number of carbonyl (C=O) groups is 2. The Bertz CT molecular complexity index is 1310. The number of ether oxygens (including phenoxy) is 1. The van der Waals surface area contributed by atoms with Crippen molar-refractivity contribution in [3.8, 4) is 11.5 Å². The fraction of sp³-hybridized carbons (Fsp3) is 0.208. The molecule has 1 aliphatic rings. The Labute approximate surface area is 193 Å². The van der Waals surface area contributed by atoms with Crippen molar-refractivity contribution in [3.05, 3.63) is 93.2 Å². The summed E-state index contributed by atoms with van der Waals surface area (Å²) < 4.78 is 19.4. The number of methoxy groups -OCH3 is 1. The maximum absolute atomic E-state index is 13.1. The molecule has 34 heavy (non-hydrogen) atoms. The molecule has 2 aromatic carbocycles. The van der Waals surface area contributed by atoms with Crippen LogP contribution in [0.3, 0.4) is 0 Å². The van der Waals surface area contributed by atoms with Crippen molar-refractivity contribution >= 4 is 11.8 Å². The topological polar surface area (TPSA) is 121 Å². The van der Waals surface area contributed by atoms with Crippen LogP contribution < -0.4 is 15.5 Å². The summed E-state index contributed by atoms with van der Waals surface area (Å²) in [6.07, 6.45) is -0.121. The van der Waals surface area contributed by atoms with Gasteiger partial charge in [-0.1, -0.05) is 24.3 Å². The smallest absolute Gasteiger partial charge is 0.276 e. The first kappa shape index (κ1) is 23.0. The van der Waals surface area contributed by atoms with E-state index < -0.39 is 35.0 Å². The van der Waals surface area contributed by atoms with Crippen LogP contribution in [0.25, 0.3) is 0 Å². The first-order chi connectivity index (χ1) is 16.3. The molecule has 0 radical (unpaired) electrons. The number of amides is 2. The van der Waals surface area contributed by atoms with Gasteiger partial charge in [0.2, 0.25) is 5.43 Å². The Morgan fingerprint density at radius 1 is 1.18 bits per heavy atom. The molecule has 176 valence electrons. The van der Waals surface area contributed by atoms with Gasteiger partial charge >= 0.3 is 0 Å². The number of aliphatic hydroxyl groups excluding tert-OH is 1. The quantitative estimate of drug-likeness (QED) is 0.507. The molecule has 0 fully saturated rings. The highest BCUT2D eigenvalue weighted by Crippen LogP contribution is 2.25. The number of carbonyl (C=O) groups excluding carboxylic acids is 2. The molecular weight excluding hydrogens is 445 g/mol. The number of benzene rings is 2. The van der Waals surface area contributed by atoms with E-state index in [0.717, 1.165) is 11.1 Å². The van der Waals surface area contributed by atoms with Crippen molar-refractivity contribution < 1.29 is 28.9 Å². The van der Waals surface area contributed by atoms with Gasteiger partial charge in [0, 0.05) is 19.3 Å². The minimum absolute atomic E-state index is 0.0186. The molecule has 9 nitrogen and oxygen atoms in total. The second-order valence-corrected chi connectivity index (χ2v) is 7.80. The third-order valence-corrected chi connectivity index (χ3v) is 5.54. The zero-order valence-electron chi connectivity index (χ0n) is 18.2. The molecule has 0 bridgehead atoms. The van der Waals surface area contributed by atoms with E-state index in [-0.39, 0.29) is 30.9 Å². The van der Waals surface area contributed by atoms with E-state index in [1.165, 1.54) is 35.9 Å². The molecule has 3 aromatic rings. The molecule has 3 N–H and O–H groups in total. The van der Waals surface area contributed by atoms with Crippen LogP contribution >= 0.6 is 0 Å². The van der Waals surface area contributed by atoms with E-state index in [2.05, 4.69) is 5.32 Å². The van der Waals surface area contributed by atoms with Gasteiger partial charge < -0.3 is 29.7 Å². The Kier molecular flexibility index (Phi) is 6.33. The lowest BCUT2D eigenvalue weighted by Gasteiger charge is -2.35. The van der Waals surface area contributed by atoms with E-state index in [0.29, 0.717) is 16.9 Å². The van der Waals surface area contributed by atoms with Crippen molar-refractivity contribution in [3.63, 3.8) is 0 Å². The van der Waals surface area contributed by atoms with Crippen LogP contribution in [-0.2, 0) is 19.6 Å². The van der Waals surface area contributed by atoms with Gasteiger partial charge in [-0.3, -0.25) is 14.4 Å². The number of aromatic hydroxyl groups is 1. The van der Waals surface area contributed by atoms with Gasteiger partial charge in [0.05, 0.1) is 13.7 Å². The number of aromatic nitrogens is 1. The number of nitrogens with one attached hydrogen (secondary N) is 1. The zero-order valence-corrected chi connectivity index (χ0v) is 18.2. The molecule has 4 rings (SSSR count). The molecule has 2 amide bonds. The van der Waals surface area contributed by atoms with Crippen LogP contribution in [-0.4, -0.2) is 44.8 Å². The largest absolute Gasteiger partial charge is 0.503 e. The molecule has 1 aliphatic heterocycles. The van der Waals surface area contributed by atoms with E-state index >= 15 is 0 Å². The SMILES string of the molecule is COc1cccc(CN2C(=O)c3c(O)c(=O)c(C(=O)NCc4ccc(F)cc4)cn3CC2O)c1. The van der Waals surface area contributed by atoms with Crippen molar-refractivity contribution in [2.45, 2.75) is 25.9 Å². The maximum Gasteiger partial charge on any atom is 0.276 e. The summed E-state index contributed by atoms with van der Waals surface area (Å²) in [5, 5.41) is 23.6. The van der Waals surface area contributed by atoms with E-state index in [9.17, 15) is 29.0 Å². The Hall–Kier alpha value is -4.18. The first-order valence-electron chi connectivity index (χ1n) is 10.4. The van der Waals surface area contributed by atoms with Crippen molar-refractivity contribution in [1.29, 1.82) is 0 Å². The second kappa shape index (κ2) is 9.36. The van der Waals surface area contributed by atoms with Crippen LogP contribution in [0.15, 0.2) is 59.5 Å². The van der Waals surface area contributed by atoms with Gasteiger partial charge in [-0.15, -0.1) is 0 Å². The fourth-order valence-electron chi connectivity index (χ4n) is 3.75. The van der Waals surface area contributed by atoms with Gasteiger partial charge in [0.25, 0.3) is 11.8 Å². The van der Waals surface area contributed by atoms with Gasteiger partial charge in [-0.05, 0) is 35.4 Å². The van der Waals surface area contributed by atoms with Crippen LogP contribution in [0.2, 0.25) is 0 Å². The van der Waals surface area contributed by atoms with E-state index in [1.807, 2.05) is 0 Å². The van der Waals surface area contributed by atoms with Gasteiger partial charge in [0.1, 0.15) is 23.4 Å². The summed E-state index contributed by atoms with van der Waals surface area (Å²) in [7, 11) is 1.51. The predicted molar refractivity (Wildman–Crippen MR) is 119 cm³/mol. The molecule has 10 heteroatoms. The van der Waals surface area contributed by atoms with Crippen LogP contribution in [0, 0.1) is 5.82 Å². The first-order valence-corrected chi connectivity index (χ1v) is 10.4. The van der Waals surface area contributed by atoms with Crippen LogP contribution in [0.4, 0.5) is 4.39 Å². The molecule has 1 unspecified atom stereocenters. The highest BCUT2D eigenvalue weighted by Gasteiger charge is 2.35. The number of halogens is 1. The number of hydrogen-bond acceptors (Lipinski definition) is 6. The van der Waals surface area contributed by atoms with E-state index in [4.69, 9.17) is 4.74 Å². The maximum atomic E-state index is 13.1. The lowest BCUT2D eigenvalue weighted by Crippen LogP contribution is -2.48. The summed E-state index contributed by atoms with van der Waals surface area (Å²) in [4.78, 5) is 39.5. The second-order valence-electron chi connectivity index (χ2n) is 7.80. The number of rotatable bonds is 6. The summed E-state index contributed by atoms with van der Waals surface area (Å²) in [5.74, 6) is -2.25. The summed E-state index contributed by atoms with van der Waals surface area (Å²) in [6.45, 7) is -0.112. The van der Waals surface area contributed by atoms with Crippen LogP contribution in [0.5, 0.6) is 11.5 Å². The highest BCUT2D eigenvalue weighted by molar-refractivity contribution is 5.99. The summed E-state index contributed by atoms with van der Waals surface area (Å²) in [5.41, 5.74) is -0.415. The minimum Gasteiger partial charge on any atom is -0.503 e. The van der Waals surface area contributed by atoms with Crippen molar-refractivity contribution in [2.24, 2.45) is 0 Å². The normalized spacial score (nSPS) is 15.1.